The summed E-state index contributed by atoms with van der Waals surface area (Å²) in [6.07, 6.45) is -4.69. The van der Waals surface area contributed by atoms with Crippen molar-refractivity contribution in [2.75, 3.05) is 12.4 Å². The molecule has 0 bridgehead atoms. The third kappa shape index (κ3) is 3.08. The minimum Gasteiger partial charge on any atom is -0.373 e. The van der Waals surface area contributed by atoms with E-state index < -0.39 is 11.9 Å². The molecule has 0 fully saturated rings. The van der Waals surface area contributed by atoms with Crippen molar-refractivity contribution in [2.24, 2.45) is 0 Å². The van der Waals surface area contributed by atoms with Crippen LogP contribution in [0.4, 0.5) is 19.0 Å². The van der Waals surface area contributed by atoms with E-state index in [0.717, 1.165) is 0 Å². The van der Waals surface area contributed by atoms with Crippen molar-refractivity contribution in [3.05, 3.63) is 46.6 Å². The average Bonchev–Trinajstić information content (AvgIpc) is 2.52. The van der Waals surface area contributed by atoms with E-state index in [1.807, 2.05) is 6.07 Å². The second-order valence-electron chi connectivity index (χ2n) is 5.18. The molecule has 0 amide bonds. The van der Waals surface area contributed by atoms with Gasteiger partial charge in [0.15, 0.2) is 11.5 Å². The number of hydrogen-bond acceptors (Lipinski definition) is 4. The Morgan fingerprint density at radius 3 is 2.25 bits per heavy atom. The smallest absolute Gasteiger partial charge is 0.373 e. The lowest BCUT2D eigenvalue weighted by Gasteiger charge is -2.19. The van der Waals surface area contributed by atoms with Gasteiger partial charge in [0.2, 0.25) is 0 Å². The van der Waals surface area contributed by atoms with E-state index >= 15 is 0 Å². The summed E-state index contributed by atoms with van der Waals surface area (Å²) < 4.78 is 40.4. The van der Waals surface area contributed by atoms with Crippen molar-refractivity contribution in [1.82, 2.24) is 4.98 Å². The van der Waals surface area contributed by atoms with Crippen LogP contribution in [-0.2, 0) is 6.18 Å². The molecule has 1 N–H and O–H groups in total. The average molecular weight is 333 g/mol. The molecule has 0 radical (unpaired) electrons. The van der Waals surface area contributed by atoms with Crippen LogP contribution in [0.3, 0.4) is 0 Å². The molecule has 124 valence electrons. The van der Waals surface area contributed by atoms with Crippen molar-refractivity contribution in [1.29, 1.82) is 5.26 Å². The van der Waals surface area contributed by atoms with Crippen molar-refractivity contribution < 1.29 is 18.0 Å². The molecule has 0 atom stereocenters. The Kier molecular flexibility index (Phi) is 4.60. The summed E-state index contributed by atoms with van der Waals surface area (Å²) in [6, 6.07) is 7.60. The van der Waals surface area contributed by atoms with E-state index in [2.05, 4.69) is 10.3 Å². The van der Waals surface area contributed by atoms with Gasteiger partial charge in [0.25, 0.3) is 0 Å². The number of nitrogens with zero attached hydrogens (tertiary/aromatic N) is 2. The third-order valence-corrected chi connectivity index (χ3v) is 3.61. The topological polar surface area (TPSA) is 65.8 Å². The zero-order valence-electron chi connectivity index (χ0n) is 13.2. The molecule has 2 aromatic rings. The minimum atomic E-state index is -4.69. The highest BCUT2D eigenvalue weighted by Gasteiger charge is 2.38. The van der Waals surface area contributed by atoms with Crippen LogP contribution in [0.5, 0.6) is 0 Å². The zero-order valence-corrected chi connectivity index (χ0v) is 13.2. The molecule has 0 unspecified atom stereocenters. The SMILES string of the molecule is CNc1nc(C(F)(F)F)c(-c2ccc(C#N)cc2)c(C)c1C(C)=O. The van der Waals surface area contributed by atoms with Gasteiger partial charge in [0.05, 0.1) is 17.2 Å². The summed E-state index contributed by atoms with van der Waals surface area (Å²) in [6.45, 7) is 2.74. The van der Waals surface area contributed by atoms with Gasteiger partial charge in [-0.25, -0.2) is 4.98 Å². The van der Waals surface area contributed by atoms with Gasteiger partial charge in [-0.3, -0.25) is 4.79 Å². The molecule has 7 heteroatoms. The molecule has 0 aliphatic carbocycles. The maximum Gasteiger partial charge on any atom is 0.434 e. The molecule has 0 aliphatic heterocycles. The summed E-state index contributed by atoms with van der Waals surface area (Å²) in [5, 5.41) is 11.4. The number of Topliss-reactive ketones (excluding diaryl/α,β-unsaturated/α-hetero) is 1. The summed E-state index contributed by atoms with van der Waals surface area (Å²) in [5.41, 5.74) is -0.341. The first-order valence-corrected chi connectivity index (χ1v) is 7.01. The predicted molar refractivity (Wildman–Crippen MR) is 83.7 cm³/mol. The zero-order chi connectivity index (χ0) is 18.1. The van der Waals surface area contributed by atoms with E-state index in [4.69, 9.17) is 5.26 Å². The van der Waals surface area contributed by atoms with E-state index in [1.54, 1.807) is 0 Å². The second kappa shape index (κ2) is 6.32. The lowest BCUT2D eigenvalue weighted by molar-refractivity contribution is -0.140. The van der Waals surface area contributed by atoms with Crippen molar-refractivity contribution >= 4 is 11.6 Å². The van der Waals surface area contributed by atoms with Crippen LogP contribution in [0.25, 0.3) is 11.1 Å². The Labute approximate surface area is 136 Å². The molecule has 0 spiro atoms. The summed E-state index contributed by atoms with van der Waals surface area (Å²) in [5.74, 6) is -0.488. The number of carbonyl (C=O) groups excluding carboxylic acids is 1. The van der Waals surface area contributed by atoms with Crippen molar-refractivity contribution in [3.63, 3.8) is 0 Å². The third-order valence-electron chi connectivity index (χ3n) is 3.61. The predicted octanol–water partition coefficient (Wildman–Crippen LogP) is 4.19. The monoisotopic (exact) mass is 333 g/mol. The molecule has 24 heavy (non-hydrogen) atoms. The Bertz CT molecular complexity index is 834. The number of halogens is 3. The second-order valence-corrected chi connectivity index (χ2v) is 5.18. The first-order chi connectivity index (χ1) is 11.2. The number of aromatic nitrogens is 1. The first-order valence-electron chi connectivity index (χ1n) is 7.01. The maximum absolute atomic E-state index is 13.5. The Hall–Kier alpha value is -2.88. The molecule has 0 aliphatic rings. The molecule has 4 nitrogen and oxygen atoms in total. The van der Waals surface area contributed by atoms with Crippen LogP contribution in [-0.4, -0.2) is 17.8 Å². The highest BCUT2D eigenvalue weighted by atomic mass is 19.4. The van der Waals surface area contributed by atoms with Gasteiger partial charge in [-0.1, -0.05) is 12.1 Å². The molecule has 0 saturated heterocycles. The highest BCUT2D eigenvalue weighted by Crippen LogP contribution is 2.40. The van der Waals surface area contributed by atoms with Gasteiger partial charge in [-0.15, -0.1) is 0 Å². The molecule has 2 rings (SSSR count). The molecule has 1 heterocycles. The Morgan fingerprint density at radius 2 is 1.83 bits per heavy atom. The molecule has 0 saturated carbocycles. The fourth-order valence-electron chi connectivity index (χ4n) is 2.59. The lowest BCUT2D eigenvalue weighted by Crippen LogP contribution is -2.16. The van der Waals surface area contributed by atoms with Crippen molar-refractivity contribution in [2.45, 2.75) is 20.0 Å². The Morgan fingerprint density at radius 1 is 1.25 bits per heavy atom. The number of nitriles is 1. The van der Waals surface area contributed by atoms with Crippen LogP contribution in [0.2, 0.25) is 0 Å². The van der Waals surface area contributed by atoms with Gasteiger partial charge >= 0.3 is 6.18 Å². The molecular weight excluding hydrogens is 319 g/mol. The van der Waals surface area contributed by atoms with Crippen LogP contribution in [0.15, 0.2) is 24.3 Å². The van der Waals surface area contributed by atoms with Crippen LogP contribution >= 0.6 is 0 Å². The summed E-state index contributed by atoms with van der Waals surface area (Å²) >= 11 is 0. The number of alkyl halides is 3. The number of nitrogens with one attached hydrogen (secondary N) is 1. The quantitative estimate of drug-likeness (QED) is 0.855. The van der Waals surface area contributed by atoms with Crippen LogP contribution in [0.1, 0.15) is 34.1 Å². The number of benzene rings is 1. The fraction of sp³-hybridized carbons (Fsp3) is 0.235. The normalized spacial score (nSPS) is 11.0. The molecule has 1 aromatic carbocycles. The number of ketones is 1. The number of hydrogen-bond donors (Lipinski definition) is 1. The van der Waals surface area contributed by atoms with E-state index in [9.17, 15) is 18.0 Å². The van der Waals surface area contributed by atoms with Crippen LogP contribution in [0, 0.1) is 18.3 Å². The number of rotatable bonds is 3. The number of anilines is 1. The maximum atomic E-state index is 13.5. The fourth-order valence-corrected chi connectivity index (χ4v) is 2.59. The van der Waals surface area contributed by atoms with Crippen LogP contribution < -0.4 is 5.32 Å². The van der Waals surface area contributed by atoms with Gasteiger partial charge < -0.3 is 5.32 Å². The van der Waals surface area contributed by atoms with Crippen molar-refractivity contribution in [3.8, 4) is 17.2 Å². The number of carbonyl (C=O) groups is 1. The molecule has 1 aromatic heterocycles. The van der Waals surface area contributed by atoms with Gasteiger partial charge in [-0.05, 0) is 37.1 Å². The molecular formula is C17H14F3N3O. The van der Waals surface area contributed by atoms with Gasteiger partial charge in [0.1, 0.15) is 5.82 Å². The van der Waals surface area contributed by atoms with E-state index in [0.29, 0.717) is 5.56 Å². The first kappa shape index (κ1) is 17.5. The highest BCUT2D eigenvalue weighted by molar-refractivity contribution is 6.02. The minimum absolute atomic E-state index is 0.107. The Balaban J connectivity index is 2.87. The lowest BCUT2D eigenvalue weighted by atomic mass is 9.93. The van der Waals surface area contributed by atoms with E-state index in [1.165, 1.54) is 45.2 Å². The van der Waals surface area contributed by atoms with Gasteiger partial charge in [0, 0.05) is 12.6 Å². The summed E-state index contributed by atoms with van der Waals surface area (Å²) in [7, 11) is 1.41. The number of pyridine rings is 1. The summed E-state index contributed by atoms with van der Waals surface area (Å²) in [4.78, 5) is 15.5. The standard InChI is InChI=1S/C17H14F3N3O/c1-9-13(10(2)24)16(22-3)23-15(17(18,19)20)14(9)12-6-4-11(8-21)5-7-12/h4-7H,1-3H3,(H,22,23). The van der Waals surface area contributed by atoms with E-state index in [-0.39, 0.29) is 33.9 Å². The largest absolute Gasteiger partial charge is 0.434 e. The van der Waals surface area contributed by atoms with Gasteiger partial charge in [-0.2, -0.15) is 18.4 Å².